The minimum atomic E-state index is -0.656. The molecular formula is C9H17NO2. The monoisotopic (exact) mass is 171 g/mol. The molecule has 1 unspecified atom stereocenters. The van der Waals surface area contributed by atoms with Crippen molar-refractivity contribution in [3.05, 3.63) is 0 Å². The Morgan fingerprint density at radius 1 is 1.67 bits per heavy atom. The molecular weight excluding hydrogens is 154 g/mol. The average Bonchev–Trinajstić information content (AvgIpc) is 1.95. The Morgan fingerprint density at radius 3 is 2.58 bits per heavy atom. The highest BCUT2D eigenvalue weighted by molar-refractivity contribution is 5.70. The van der Waals surface area contributed by atoms with E-state index in [4.69, 9.17) is 5.11 Å². The molecule has 0 aromatic carbocycles. The first-order valence-corrected chi connectivity index (χ1v) is 4.58. The highest BCUT2D eigenvalue weighted by Crippen LogP contribution is 2.17. The second-order valence-corrected chi connectivity index (χ2v) is 3.77. The van der Waals surface area contributed by atoms with E-state index in [0.29, 0.717) is 0 Å². The third-order valence-electron chi connectivity index (χ3n) is 2.46. The van der Waals surface area contributed by atoms with Crippen molar-refractivity contribution in [2.45, 2.75) is 20.3 Å². The first-order valence-electron chi connectivity index (χ1n) is 4.58. The molecule has 0 spiro atoms. The van der Waals surface area contributed by atoms with Crippen LogP contribution in [0.25, 0.3) is 0 Å². The van der Waals surface area contributed by atoms with Gasteiger partial charge < -0.3 is 10.0 Å². The van der Waals surface area contributed by atoms with Gasteiger partial charge in [-0.25, -0.2) is 0 Å². The third kappa shape index (κ3) is 2.21. The Hall–Kier alpha value is -0.570. The van der Waals surface area contributed by atoms with E-state index < -0.39 is 5.97 Å². The summed E-state index contributed by atoms with van der Waals surface area (Å²) < 4.78 is 0. The van der Waals surface area contributed by atoms with E-state index >= 15 is 0 Å². The summed E-state index contributed by atoms with van der Waals surface area (Å²) >= 11 is 0. The molecule has 0 amide bonds. The van der Waals surface area contributed by atoms with Crippen LogP contribution in [0.5, 0.6) is 0 Å². The molecule has 1 aliphatic rings. The molecule has 1 N–H and O–H groups in total. The van der Waals surface area contributed by atoms with Gasteiger partial charge in [-0.05, 0) is 12.3 Å². The predicted molar refractivity (Wildman–Crippen MR) is 47.0 cm³/mol. The number of aliphatic carboxylic acids is 1. The average molecular weight is 171 g/mol. The van der Waals surface area contributed by atoms with Crippen LogP contribution in [0.2, 0.25) is 0 Å². The number of nitrogens with zero attached hydrogens (tertiary/aromatic N) is 1. The van der Waals surface area contributed by atoms with Crippen molar-refractivity contribution in [1.29, 1.82) is 0 Å². The third-order valence-corrected chi connectivity index (χ3v) is 2.46. The first-order chi connectivity index (χ1) is 5.63. The Kier molecular flexibility index (Phi) is 3.09. The van der Waals surface area contributed by atoms with Crippen LogP contribution in [0.15, 0.2) is 0 Å². The van der Waals surface area contributed by atoms with Crippen LogP contribution in [-0.4, -0.2) is 35.6 Å². The molecule has 1 atom stereocenters. The largest absolute Gasteiger partial charge is 0.481 e. The Labute approximate surface area is 73.4 Å². The van der Waals surface area contributed by atoms with E-state index in [1.165, 1.54) is 0 Å². The Morgan fingerprint density at radius 2 is 2.25 bits per heavy atom. The van der Waals surface area contributed by atoms with Crippen LogP contribution in [0, 0.1) is 11.8 Å². The molecule has 0 aromatic rings. The van der Waals surface area contributed by atoms with Gasteiger partial charge in [0.25, 0.3) is 0 Å². The van der Waals surface area contributed by atoms with Crippen LogP contribution >= 0.6 is 0 Å². The van der Waals surface area contributed by atoms with Gasteiger partial charge in [-0.2, -0.15) is 0 Å². The topological polar surface area (TPSA) is 40.5 Å². The predicted octanol–water partition coefficient (Wildman–Crippen LogP) is 1.05. The fourth-order valence-electron chi connectivity index (χ4n) is 1.67. The summed E-state index contributed by atoms with van der Waals surface area (Å²) in [5, 5.41) is 8.78. The lowest BCUT2D eigenvalue weighted by Gasteiger charge is -2.38. The molecule has 1 heterocycles. The van der Waals surface area contributed by atoms with E-state index in [9.17, 15) is 4.79 Å². The summed E-state index contributed by atoms with van der Waals surface area (Å²) in [5.74, 6) is -0.0640. The zero-order valence-electron chi connectivity index (χ0n) is 7.79. The lowest BCUT2D eigenvalue weighted by Crippen LogP contribution is -2.48. The molecule has 3 nitrogen and oxygen atoms in total. The highest BCUT2D eigenvalue weighted by Gasteiger charge is 2.26. The van der Waals surface area contributed by atoms with Gasteiger partial charge in [0.2, 0.25) is 0 Å². The molecule has 3 heteroatoms. The van der Waals surface area contributed by atoms with E-state index in [1.54, 1.807) is 0 Å². The number of carboxylic acid groups (broad SMARTS) is 1. The molecule has 1 rings (SSSR count). The van der Waals surface area contributed by atoms with E-state index in [2.05, 4.69) is 11.8 Å². The summed E-state index contributed by atoms with van der Waals surface area (Å²) in [5.41, 5.74) is 0. The van der Waals surface area contributed by atoms with Crippen LogP contribution in [-0.2, 0) is 4.79 Å². The molecule has 0 radical (unpaired) electrons. The first kappa shape index (κ1) is 9.52. The lowest BCUT2D eigenvalue weighted by atomic mass is 9.99. The molecule has 0 saturated carbocycles. The summed E-state index contributed by atoms with van der Waals surface area (Å²) in [6.45, 7) is 7.00. The van der Waals surface area contributed by atoms with Gasteiger partial charge in [-0.1, -0.05) is 13.8 Å². The maximum absolute atomic E-state index is 10.7. The standard InChI is InChI=1S/C9H17NO2/c1-3-8(9(11)12)6-10-4-7(2)5-10/h7-8H,3-6H2,1-2H3,(H,11,12). The van der Waals surface area contributed by atoms with Crippen LogP contribution < -0.4 is 0 Å². The van der Waals surface area contributed by atoms with Crippen molar-refractivity contribution in [2.24, 2.45) is 11.8 Å². The normalized spacial score (nSPS) is 21.8. The SMILES string of the molecule is CCC(CN1CC(C)C1)C(=O)O. The van der Waals surface area contributed by atoms with Gasteiger partial charge in [0, 0.05) is 19.6 Å². The van der Waals surface area contributed by atoms with Gasteiger partial charge in [-0.15, -0.1) is 0 Å². The number of rotatable bonds is 4. The van der Waals surface area contributed by atoms with E-state index in [0.717, 1.165) is 32.0 Å². The van der Waals surface area contributed by atoms with E-state index in [1.807, 2.05) is 6.92 Å². The molecule has 1 aliphatic heterocycles. The molecule has 0 bridgehead atoms. The van der Waals surface area contributed by atoms with Gasteiger partial charge in [0.15, 0.2) is 0 Å². The maximum atomic E-state index is 10.7. The van der Waals surface area contributed by atoms with Crippen LogP contribution in [0.1, 0.15) is 20.3 Å². The lowest BCUT2D eigenvalue weighted by molar-refractivity contribution is -0.143. The van der Waals surface area contributed by atoms with Crippen molar-refractivity contribution < 1.29 is 9.90 Å². The molecule has 70 valence electrons. The fourth-order valence-corrected chi connectivity index (χ4v) is 1.67. The quantitative estimate of drug-likeness (QED) is 0.687. The zero-order chi connectivity index (χ0) is 9.14. The summed E-state index contributed by atoms with van der Waals surface area (Å²) in [4.78, 5) is 12.9. The number of hydrogen-bond donors (Lipinski definition) is 1. The van der Waals surface area contributed by atoms with Gasteiger partial charge in [-0.3, -0.25) is 4.79 Å². The highest BCUT2D eigenvalue weighted by atomic mass is 16.4. The number of carboxylic acids is 1. The molecule has 1 saturated heterocycles. The molecule has 0 aliphatic carbocycles. The number of likely N-dealkylation sites (tertiary alicyclic amines) is 1. The summed E-state index contributed by atoms with van der Waals surface area (Å²) in [6.07, 6.45) is 0.736. The van der Waals surface area contributed by atoms with Gasteiger partial charge >= 0.3 is 5.97 Å². The molecule has 12 heavy (non-hydrogen) atoms. The van der Waals surface area contributed by atoms with Gasteiger partial charge in [0.1, 0.15) is 0 Å². The van der Waals surface area contributed by atoms with Crippen molar-refractivity contribution in [1.82, 2.24) is 4.90 Å². The summed E-state index contributed by atoms with van der Waals surface area (Å²) in [6, 6.07) is 0. The fraction of sp³-hybridized carbons (Fsp3) is 0.889. The second kappa shape index (κ2) is 3.90. The maximum Gasteiger partial charge on any atom is 0.307 e. The minimum absolute atomic E-state index is 0.169. The van der Waals surface area contributed by atoms with Crippen molar-refractivity contribution >= 4 is 5.97 Å². The second-order valence-electron chi connectivity index (χ2n) is 3.77. The number of carbonyl (C=O) groups is 1. The Bertz CT molecular complexity index is 164. The van der Waals surface area contributed by atoms with Crippen LogP contribution in [0.3, 0.4) is 0 Å². The zero-order valence-corrected chi connectivity index (χ0v) is 7.79. The summed E-state index contributed by atoms with van der Waals surface area (Å²) in [7, 11) is 0. The van der Waals surface area contributed by atoms with E-state index in [-0.39, 0.29) is 5.92 Å². The van der Waals surface area contributed by atoms with Gasteiger partial charge in [0.05, 0.1) is 5.92 Å². The van der Waals surface area contributed by atoms with Crippen molar-refractivity contribution in [3.8, 4) is 0 Å². The van der Waals surface area contributed by atoms with Crippen molar-refractivity contribution in [3.63, 3.8) is 0 Å². The number of hydrogen-bond acceptors (Lipinski definition) is 2. The minimum Gasteiger partial charge on any atom is -0.481 e. The molecule has 0 aromatic heterocycles. The van der Waals surface area contributed by atoms with Crippen LogP contribution in [0.4, 0.5) is 0 Å². The smallest absolute Gasteiger partial charge is 0.307 e. The molecule has 1 fully saturated rings. The van der Waals surface area contributed by atoms with Crippen molar-refractivity contribution in [2.75, 3.05) is 19.6 Å². The Balaban J connectivity index is 2.24.